The van der Waals surface area contributed by atoms with E-state index >= 15 is 0 Å². The third kappa shape index (κ3) is 4.78. The topological polar surface area (TPSA) is 64.3 Å². The molecule has 0 aromatic carbocycles. The lowest BCUT2D eigenvalue weighted by atomic mass is 9.66. The van der Waals surface area contributed by atoms with E-state index in [-0.39, 0.29) is 17.4 Å². The van der Waals surface area contributed by atoms with Gasteiger partial charge in [0.25, 0.3) is 0 Å². The molecule has 0 bridgehead atoms. The molecule has 0 aromatic heterocycles. The first-order valence-corrected chi connectivity index (χ1v) is 8.04. The summed E-state index contributed by atoms with van der Waals surface area (Å²) in [6, 6.07) is -0.364. The van der Waals surface area contributed by atoms with Crippen molar-refractivity contribution in [1.29, 1.82) is 0 Å². The van der Waals surface area contributed by atoms with Gasteiger partial charge < -0.3 is 15.8 Å². The minimum atomic E-state index is -0.364. The van der Waals surface area contributed by atoms with Gasteiger partial charge in [-0.3, -0.25) is 4.79 Å². The third-order valence-electron chi connectivity index (χ3n) is 3.86. The Hall–Kier alpha value is -0.260. The number of nitrogens with one attached hydrogen (secondary N) is 1. The van der Waals surface area contributed by atoms with Crippen LogP contribution in [0.3, 0.4) is 0 Å². The number of nitrogens with two attached hydrogens (primary N) is 1. The van der Waals surface area contributed by atoms with Gasteiger partial charge in [0, 0.05) is 20.3 Å². The average molecular weight is 274 g/mol. The zero-order valence-electron chi connectivity index (χ0n) is 11.5. The normalized spacial score (nSPS) is 19.1. The van der Waals surface area contributed by atoms with Crippen LogP contribution in [-0.4, -0.2) is 44.2 Å². The van der Waals surface area contributed by atoms with Crippen LogP contribution in [-0.2, 0) is 9.53 Å². The van der Waals surface area contributed by atoms with E-state index in [4.69, 9.17) is 10.5 Å². The van der Waals surface area contributed by atoms with E-state index in [9.17, 15) is 4.79 Å². The van der Waals surface area contributed by atoms with Gasteiger partial charge in [0.15, 0.2) is 0 Å². The molecule has 1 aliphatic rings. The van der Waals surface area contributed by atoms with E-state index in [1.54, 1.807) is 18.9 Å². The van der Waals surface area contributed by atoms with Crippen LogP contribution in [0, 0.1) is 5.41 Å². The van der Waals surface area contributed by atoms with Crippen molar-refractivity contribution in [2.75, 3.05) is 32.3 Å². The molecule has 18 heavy (non-hydrogen) atoms. The summed E-state index contributed by atoms with van der Waals surface area (Å²) in [4.78, 5) is 11.8. The summed E-state index contributed by atoms with van der Waals surface area (Å²) >= 11 is 1.72. The highest BCUT2D eigenvalue weighted by atomic mass is 32.2. The summed E-state index contributed by atoms with van der Waals surface area (Å²) in [5, 5.41) is 3.01. The van der Waals surface area contributed by atoms with Crippen LogP contribution in [0.1, 0.15) is 32.1 Å². The van der Waals surface area contributed by atoms with Crippen molar-refractivity contribution in [3.05, 3.63) is 0 Å². The summed E-state index contributed by atoms with van der Waals surface area (Å²) < 4.78 is 5.14. The molecule has 1 rings (SSSR count). The van der Waals surface area contributed by atoms with Crippen molar-refractivity contribution in [2.24, 2.45) is 11.1 Å². The van der Waals surface area contributed by atoms with Crippen molar-refractivity contribution >= 4 is 17.7 Å². The first kappa shape index (κ1) is 15.8. The predicted octanol–water partition coefficient (Wildman–Crippen LogP) is 1.39. The van der Waals surface area contributed by atoms with Crippen LogP contribution in [0.15, 0.2) is 0 Å². The molecule has 1 saturated carbocycles. The van der Waals surface area contributed by atoms with Crippen LogP contribution in [0.4, 0.5) is 0 Å². The SMILES string of the molecule is COCCC1(CNC(=O)[C@@H](N)CCSC)CCC1. The lowest BCUT2D eigenvalue weighted by Gasteiger charge is -2.42. The van der Waals surface area contributed by atoms with E-state index in [1.165, 1.54) is 19.3 Å². The molecule has 0 heterocycles. The molecule has 1 atom stereocenters. The molecule has 0 aromatic rings. The van der Waals surface area contributed by atoms with Crippen molar-refractivity contribution in [3.63, 3.8) is 0 Å². The second-order valence-corrected chi connectivity index (χ2v) is 6.19. The minimum Gasteiger partial charge on any atom is -0.385 e. The van der Waals surface area contributed by atoms with Gasteiger partial charge in [-0.1, -0.05) is 6.42 Å². The van der Waals surface area contributed by atoms with Gasteiger partial charge in [-0.2, -0.15) is 11.8 Å². The van der Waals surface area contributed by atoms with E-state index < -0.39 is 0 Å². The number of hydrogen-bond donors (Lipinski definition) is 2. The van der Waals surface area contributed by atoms with Crippen molar-refractivity contribution in [2.45, 2.75) is 38.1 Å². The Kier molecular flexibility index (Phi) is 7.04. The van der Waals surface area contributed by atoms with Gasteiger partial charge in [0.1, 0.15) is 0 Å². The molecule has 1 aliphatic carbocycles. The zero-order valence-corrected chi connectivity index (χ0v) is 12.4. The van der Waals surface area contributed by atoms with Gasteiger partial charge in [-0.25, -0.2) is 0 Å². The smallest absolute Gasteiger partial charge is 0.236 e. The Bertz CT molecular complexity index is 257. The second-order valence-electron chi connectivity index (χ2n) is 5.20. The maximum Gasteiger partial charge on any atom is 0.236 e. The Morgan fingerprint density at radius 3 is 2.78 bits per heavy atom. The number of rotatable bonds is 9. The number of carbonyl (C=O) groups excluding carboxylic acids is 1. The summed E-state index contributed by atoms with van der Waals surface area (Å²) in [5.41, 5.74) is 6.11. The Morgan fingerprint density at radius 2 is 2.28 bits per heavy atom. The van der Waals surface area contributed by atoms with Crippen LogP contribution in [0.25, 0.3) is 0 Å². The first-order chi connectivity index (χ1) is 8.63. The van der Waals surface area contributed by atoms with E-state index in [1.807, 2.05) is 6.26 Å². The summed E-state index contributed by atoms with van der Waals surface area (Å²) in [7, 11) is 1.73. The molecule has 1 amide bonds. The molecule has 0 unspecified atom stereocenters. The largest absolute Gasteiger partial charge is 0.385 e. The minimum absolute atomic E-state index is 0.00672. The fraction of sp³-hybridized carbons (Fsp3) is 0.923. The number of carbonyl (C=O) groups is 1. The van der Waals surface area contributed by atoms with Crippen molar-refractivity contribution < 1.29 is 9.53 Å². The van der Waals surface area contributed by atoms with Crippen LogP contribution >= 0.6 is 11.8 Å². The zero-order chi connectivity index (χ0) is 13.4. The molecule has 0 saturated heterocycles. The van der Waals surface area contributed by atoms with E-state index in [0.717, 1.165) is 31.7 Å². The molecule has 4 nitrogen and oxygen atoms in total. The highest BCUT2D eigenvalue weighted by Gasteiger charge is 2.36. The lowest BCUT2D eigenvalue weighted by molar-refractivity contribution is -0.123. The Labute approximate surface area is 114 Å². The number of methoxy groups -OCH3 is 1. The highest BCUT2D eigenvalue weighted by molar-refractivity contribution is 7.98. The Morgan fingerprint density at radius 1 is 1.56 bits per heavy atom. The molecule has 5 heteroatoms. The van der Waals surface area contributed by atoms with Crippen molar-refractivity contribution in [3.8, 4) is 0 Å². The number of hydrogen-bond acceptors (Lipinski definition) is 4. The maximum atomic E-state index is 11.8. The average Bonchev–Trinajstić information content (AvgIpc) is 2.33. The highest BCUT2D eigenvalue weighted by Crippen LogP contribution is 2.43. The molecular formula is C13H26N2O2S. The molecular weight excluding hydrogens is 248 g/mol. The van der Waals surface area contributed by atoms with Crippen LogP contribution < -0.4 is 11.1 Å². The fourth-order valence-corrected chi connectivity index (χ4v) is 2.78. The monoisotopic (exact) mass is 274 g/mol. The number of amides is 1. The van der Waals surface area contributed by atoms with Crippen molar-refractivity contribution in [1.82, 2.24) is 5.32 Å². The fourth-order valence-electron chi connectivity index (χ4n) is 2.29. The van der Waals surface area contributed by atoms with E-state index in [2.05, 4.69) is 5.32 Å². The summed E-state index contributed by atoms with van der Waals surface area (Å²) in [5.74, 6) is 0.927. The first-order valence-electron chi connectivity index (χ1n) is 6.65. The summed E-state index contributed by atoms with van der Waals surface area (Å²) in [6.07, 6.45) is 7.45. The van der Waals surface area contributed by atoms with Gasteiger partial charge in [-0.05, 0) is 43.1 Å². The Balaban J connectivity index is 2.27. The standard InChI is InChI=1S/C13H26N2O2S/c1-17-8-7-13(5-3-6-13)10-15-12(16)11(14)4-9-18-2/h11H,3-10,14H2,1-2H3,(H,15,16)/t11-/m0/s1. The van der Waals surface area contributed by atoms with Gasteiger partial charge in [0.05, 0.1) is 6.04 Å². The third-order valence-corrected chi connectivity index (χ3v) is 4.50. The molecule has 0 aliphatic heterocycles. The molecule has 106 valence electrons. The lowest BCUT2D eigenvalue weighted by Crippen LogP contribution is -2.48. The molecule has 1 fully saturated rings. The van der Waals surface area contributed by atoms with Gasteiger partial charge in [0.2, 0.25) is 5.91 Å². The van der Waals surface area contributed by atoms with Gasteiger partial charge >= 0.3 is 0 Å². The van der Waals surface area contributed by atoms with Crippen LogP contribution in [0.5, 0.6) is 0 Å². The summed E-state index contributed by atoms with van der Waals surface area (Å²) in [6.45, 7) is 1.52. The number of thioether (sulfide) groups is 1. The maximum absolute atomic E-state index is 11.8. The van der Waals surface area contributed by atoms with Crippen LogP contribution in [0.2, 0.25) is 0 Å². The van der Waals surface area contributed by atoms with Gasteiger partial charge in [-0.15, -0.1) is 0 Å². The predicted molar refractivity (Wildman–Crippen MR) is 76.8 cm³/mol. The van der Waals surface area contributed by atoms with E-state index in [0.29, 0.717) is 0 Å². The second kappa shape index (κ2) is 8.02. The number of ether oxygens (including phenoxy) is 1. The quantitative estimate of drug-likeness (QED) is 0.667. The molecule has 0 spiro atoms. The molecule has 0 radical (unpaired) electrons. The molecule has 3 N–H and O–H groups in total.